The van der Waals surface area contributed by atoms with Crippen molar-refractivity contribution >= 4 is 0 Å². The monoisotopic (exact) mass is 196 g/mol. The summed E-state index contributed by atoms with van der Waals surface area (Å²) in [7, 11) is 0. The van der Waals surface area contributed by atoms with Crippen molar-refractivity contribution < 1.29 is 0 Å². The van der Waals surface area contributed by atoms with E-state index in [1.54, 1.807) is 0 Å². The number of likely N-dealkylation sites (tertiary alicyclic amines) is 1. The van der Waals surface area contributed by atoms with Crippen molar-refractivity contribution in [3.63, 3.8) is 0 Å². The van der Waals surface area contributed by atoms with Crippen LogP contribution < -0.4 is 5.73 Å². The fraction of sp³-hybridized carbons (Fsp3) is 1.00. The van der Waals surface area contributed by atoms with E-state index in [1.807, 2.05) is 0 Å². The second-order valence-corrected chi connectivity index (χ2v) is 5.32. The van der Waals surface area contributed by atoms with Gasteiger partial charge in [0.25, 0.3) is 0 Å². The summed E-state index contributed by atoms with van der Waals surface area (Å²) < 4.78 is 0. The van der Waals surface area contributed by atoms with Crippen LogP contribution >= 0.6 is 0 Å². The average Bonchev–Trinajstić information content (AvgIpc) is 2.18. The van der Waals surface area contributed by atoms with E-state index in [-0.39, 0.29) is 0 Å². The molecule has 0 aromatic carbocycles. The van der Waals surface area contributed by atoms with Crippen molar-refractivity contribution in [1.29, 1.82) is 0 Å². The van der Waals surface area contributed by atoms with Gasteiger partial charge < -0.3 is 10.6 Å². The van der Waals surface area contributed by atoms with Crippen LogP contribution in [-0.4, -0.2) is 30.1 Å². The van der Waals surface area contributed by atoms with Crippen LogP contribution in [0.15, 0.2) is 0 Å². The Hall–Kier alpha value is -0.0800. The van der Waals surface area contributed by atoms with Crippen LogP contribution in [0.3, 0.4) is 0 Å². The molecule has 1 saturated heterocycles. The van der Waals surface area contributed by atoms with Crippen molar-refractivity contribution in [2.45, 2.75) is 57.5 Å². The van der Waals surface area contributed by atoms with Crippen molar-refractivity contribution in [1.82, 2.24) is 4.90 Å². The van der Waals surface area contributed by atoms with Gasteiger partial charge in [0.2, 0.25) is 0 Å². The zero-order valence-corrected chi connectivity index (χ0v) is 9.41. The fourth-order valence-corrected chi connectivity index (χ4v) is 3.09. The summed E-state index contributed by atoms with van der Waals surface area (Å²) in [6, 6.07) is 1.28. The van der Waals surface area contributed by atoms with Crippen molar-refractivity contribution in [3.05, 3.63) is 0 Å². The van der Waals surface area contributed by atoms with Gasteiger partial charge in [-0.1, -0.05) is 13.3 Å². The molecule has 1 aliphatic carbocycles. The molecule has 0 spiro atoms. The Kier molecular flexibility index (Phi) is 3.45. The molecular weight excluding hydrogens is 172 g/mol. The first-order chi connectivity index (χ1) is 6.75. The van der Waals surface area contributed by atoms with Gasteiger partial charge in [0.1, 0.15) is 0 Å². The van der Waals surface area contributed by atoms with E-state index >= 15 is 0 Å². The van der Waals surface area contributed by atoms with E-state index < -0.39 is 0 Å². The van der Waals surface area contributed by atoms with E-state index in [2.05, 4.69) is 11.8 Å². The van der Waals surface area contributed by atoms with E-state index in [4.69, 9.17) is 5.73 Å². The summed E-state index contributed by atoms with van der Waals surface area (Å²) in [5.41, 5.74) is 6.04. The first-order valence-electron chi connectivity index (χ1n) is 6.25. The molecule has 2 nitrogen and oxygen atoms in total. The largest absolute Gasteiger partial charge is 0.328 e. The normalized spacial score (nSPS) is 41.1. The zero-order valence-electron chi connectivity index (χ0n) is 9.41. The third kappa shape index (κ3) is 2.48. The quantitative estimate of drug-likeness (QED) is 0.695. The first kappa shape index (κ1) is 10.4. The van der Waals surface area contributed by atoms with Crippen molar-refractivity contribution in [3.8, 4) is 0 Å². The van der Waals surface area contributed by atoms with Crippen LogP contribution in [-0.2, 0) is 0 Å². The highest BCUT2D eigenvalue weighted by molar-refractivity contribution is 4.84. The number of hydrogen-bond acceptors (Lipinski definition) is 2. The van der Waals surface area contributed by atoms with Gasteiger partial charge in [-0.25, -0.2) is 0 Å². The zero-order chi connectivity index (χ0) is 9.97. The van der Waals surface area contributed by atoms with Gasteiger partial charge in [0.05, 0.1) is 0 Å². The maximum absolute atomic E-state index is 6.04. The lowest BCUT2D eigenvalue weighted by Crippen LogP contribution is -2.46. The number of rotatable bonds is 1. The third-order valence-electron chi connectivity index (χ3n) is 3.89. The molecule has 3 unspecified atom stereocenters. The molecule has 2 fully saturated rings. The summed E-state index contributed by atoms with van der Waals surface area (Å²) in [5.74, 6) is 0.905. The van der Waals surface area contributed by atoms with E-state index in [0.717, 1.165) is 12.0 Å². The molecule has 1 heterocycles. The average molecular weight is 196 g/mol. The van der Waals surface area contributed by atoms with Crippen LogP contribution in [0.5, 0.6) is 0 Å². The standard InChI is InChI=1S/C12H24N2/c1-10-4-3-7-14(9-10)12-6-2-5-11(13)8-12/h10-12H,2-9,13H2,1H3. The third-order valence-corrected chi connectivity index (χ3v) is 3.89. The molecule has 0 bridgehead atoms. The lowest BCUT2D eigenvalue weighted by molar-refractivity contribution is 0.0986. The van der Waals surface area contributed by atoms with Crippen molar-refractivity contribution in [2.24, 2.45) is 11.7 Å². The second-order valence-electron chi connectivity index (χ2n) is 5.32. The molecule has 0 radical (unpaired) electrons. The highest BCUT2D eigenvalue weighted by Crippen LogP contribution is 2.26. The van der Waals surface area contributed by atoms with Crippen molar-refractivity contribution in [2.75, 3.05) is 13.1 Å². The minimum absolute atomic E-state index is 0.478. The molecule has 1 aliphatic heterocycles. The van der Waals surface area contributed by atoms with Crippen LogP contribution in [0.2, 0.25) is 0 Å². The molecule has 3 atom stereocenters. The molecule has 2 N–H and O–H groups in total. The maximum atomic E-state index is 6.04. The molecule has 0 aromatic rings. The second kappa shape index (κ2) is 4.63. The van der Waals surface area contributed by atoms with Gasteiger partial charge in [0, 0.05) is 18.6 Å². The molecule has 2 rings (SSSR count). The van der Waals surface area contributed by atoms with Gasteiger partial charge in [-0.15, -0.1) is 0 Å². The Morgan fingerprint density at radius 2 is 2.00 bits per heavy atom. The predicted molar refractivity (Wildman–Crippen MR) is 60.2 cm³/mol. The number of piperidine rings is 1. The maximum Gasteiger partial charge on any atom is 0.0110 e. The minimum Gasteiger partial charge on any atom is -0.328 e. The Morgan fingerprint density at radius 1 is 1.14 bits per heavy atom. The summed E-state index contributed by atoms with van der Waals surface area (Å²) >= 11 is 0. The number of hydrogen-bond donors (Lipinski definition) is 1. The van der Waals surface area contributed by atoms with Gasteiger partial charge in [-0.05, 0) is 44.6 Å². The SMILES string of the molecule is CC1CCCN(C2CCCC(N)C2)C1. The van der Waals surface area contributed by atoms with Gasteiger partial charge >= 0.3 is 0 Å². The molecule has 1 saturated carbocycles. The molecule has 0 amide bonds. The number of nitrogens with zero attached hydrogens (tertiary/aromatic N) is 1. The van der Waals surface area contributed by atoms with Gasteiger partial charge in [-0.2, -0.15) is 0 Å². The minimum atomic E-state index is 0.478. The summed E-state index contributed by atoms with van der Waals surface area (Å²) in [6.07, 6.45) is 8.05. The lowest BCUT2D eigenvalue weighted by atomic mass is 9.88. The van der Waals surface area contributed by atoms with Crippen LogP contribution in [0.25, 0.3) is 0 Å². The van der Waals surface area contributed by atoms with E-state index in [9.17, 15) is 0 Å². The molecule has 2 aliphatic rings. The molecule has 0 aromatic heterocycles. The van der Waals surface area contributed by atoms with Crippen LogP contribution in [0.4, 0.5) is 0 Å². The summed E-state index contributed by atoms with van der Waals surface area (Å²) in [6.45, 7) is 5.02. The van der Waals surface area contributed by atoms with Crippen LogP contribution in [0, 0.1) is 5.92 Å². The van der Waals surface area contributed by atoms with E-state index in [1.165, 1.54) is 51.6 Å². The molecule has 14 heavy (non-hydrogen) atoms. The highest BCUT2D eigenvalue weighted by atomic mass is 15.2. The Balaban J connectivity index is 1.86. The Bertz CT molecular complexity index is 161. The summed E-state index contributed by atoms with van der Waals surface area (Å²) in [4.78, 5) is 2.70. The summed E-state index contributed by atoms with van der Waals surface area (Å²) in [5, 5.41) is 0. The van der Waals surface area contributed by atoms with E-state index in [0.29, 0.717) is 6.04 Å². The first-order valence-corrected chi connectivity index (χ1v) is 6.25. The predicted octanol–water partition coefficient (Wildman–Crippen LogP) is 1.99. The molecule has 82 valence electrons. The Morgan fingerprint density at radius 3 is 2.71 bits per heavy atom. The smallest absolute Gasteiger partial charge is 0.0110 e. The highest BCUT2D eigenvalue weighted by Gasteiger charge is 2.27. The fourth-order valence-electron chi connectivity index (χ4n) is 3.09. The van der Waals surface area contributed by atoms with Gasteiger partial charge in [0.15, 0.2) is 0 Å². The number of nitrogens with two attached hydrogens (primary N) is 1. The van der Waals surface area contributed by atoms with Gasteiger partial charge in [-0.3, -0.25) is 0 Å². The van der Waals surface area contributed by atoms with Crippen LogP contribution in [0.1, 0.15) is 45.4 Å². The Labute approximate surface area is 87.8 Å². The lowest BCUT2D eigenvalue weighted by Gasteiger charge is -2.40. The molecular formula is C12H24N2. The topological polar surface area (TPSA) is 29.3 Å². The molecule has 2 heteroatoms.